The molecule has 0 aromatic heterocycles. The van der Waals surface area contributed by atoms with Crippen LogP contribution in [-0.4, -0.2) is 72.8 Å². The van der Waals surface area contributed by atoms with Crippen molar-refractivity contribution in [2.24, 2.45) is 44.8 Å². The number of esters is 5. The zero-order valence-electron chi connectivity index (χ0n) is 34.2. The Kier molecular flexibility index (Phi) is 9.06. The summed E-state index contributed by atoms with van der Waals surface area (Å²) in [6.45, 7) is 17.5. The Bertz CT molecular complexity index is 1980. The highest BCUT2D eigenvalue weighted by Crippen LogP contribution is 2.82. The van der Waals surface area contributed by atoms with Gasteiger partial charge in [-0.3, -0.25) is 24.0 Å². The number of carbonyl (C=O) groups is 6. The Labute approximate surface area is 328 Å². The highest BCUT2D eigenvalue weighted by molar-refractivity contribution is 5.96. The molecule has 13 atom stereocenters. The zero-order valence-corrected chi connectivity index (χ0v) is 34.2. The second-order valence-corrected chi connectivity index (χ2v) is 18.3. The molecule has 12 nitrogen and oxygen atoms in total. The number of benzene rings is 1. The van der Waals surface area contributed by atoms with Gasteiger partial charge in [0.2, 0.25) is 0 Å². The third-order valence-electron chi connectivity index (χ3n) is 15.5. The quantitative estimate of drug-likeness (QED) is 0.182. The van der Waals surface area contributed by atoms with Crippen molar-refractivity contribution in [3.8, 4) is 0 Å². The number of rotatable bonds is 6. The normalized spacial score (nSPS) is 43.4. The molecule has 0 amide bonds. The van der Waals surface area contributed by atoms with E-state index >= 15 is 0 Å². The van der Waals surface area contributed by atoms with E-state index in [4.69, 9.17) is 28.4 Å². The van der Waals surface area contributed by atoms with Gasteiger partial charge in [-0.05, 0) is 87.0 Å². The lowest BCUT2D eigenvalue weighted by Crippen LogP contribution is -2.78. The second kappa shape index (κ2) is 12.8. The minimum absolute atomic E-state index is 0.00689. The number of ether oxygens (including phenoxy) is 6. The van der Waals surface area contributed by atoms with E-state index in [0.29, 0.717) is 18.6 Å². The summed E-state index contributed by atoms with van der Waals surface area (Å²) in [5.41, 5.74) is -5.25. The summed E-state index contributed by atoms with van der Waals surface area (Å²) >= 11 is 0. The van der Waals surface area contributed by atoms with Crippen LogP contribution in [0, 0.1) is 44.8 Å². The molecular formula is C44H54O12. The van der Waals surface area contributed by atoms with Crippen molar-refractivity contribution in [3.63, 3.8) is 0 Å². The lowest BCUT2D eigenvalue weighted by Gasteiger charge is -2.69. The molecule has 56 heavy (non-hydrogen) atoms. The molecule has 1 heterocycles. The molecule has 0 N–H and O–H groups in total. The van der Waals surface area contributed by atoms with Crippen molar-refractivity contribution >= 4 is 35.6 Å². The average molecular weight is 775 g/mol. The molecule has 1 aromatic rings. The monoisotopic (exact) mass is 774 g/mol. The predicted molar refractivity (Wildman–Crippen MR) is 199 cm³/mol. The minimum Gasteiger partial charge on any atom is -0.493 e. The number of methoxy groups -OCH3 is 1. The molecule has 4 fully saturated rings. The standard InChI is InChI=1S/C44H54O12/c1-22-17-32(55-37(49)28-15-13-12-14-16-28)42(10)36(54-27(6)47)35(53-26(5)46)41(9)21-43(42,56-38(41)50)44(22)23(2)19-40(8)31-18-29(48)33(51-11)24(3)39(31,7)20-30(34(40)44)52-25(4)45/h12-17,23,30-32,34-36H,18-21H2,1-11H3/t23-,30+,31?,32-,34-,35+,36-,39+,40-,41-,42-,43+,44?/m0/s1. The zero-order chi connectivity index (χ0) is 41.1. The van der Waals surface area contributed by atoms with Gasteiger partial charge < -0.3 is 28.4 Å². The maximum absolute atomic E-state index is 14.8. The van der Waals surface area contributed by atoms with Gasteiger partial charge in [-0.2, -0.15) is 0 Å². The van der Waals surface area contributed by atoms with Gasteiger partial charge in [-0.15, -0.1) is 0 Å². The molecule has 2 spiro atoms. The largest absolute Gasteiger partial charge is 0.493 e. The highest BCUT2D eigenvalue weighted by Gasteiger charge is 2.89. The van der Waals surface area contributed by atoms with Crippen LogP contribution in [-0.2, 0) is 52.4 Å². The van der Waals surface area contributed by atoms with Crippen molar-refractivity contribution < 1.29 is 57.2 Å². The van der Waals surface area contributed by atoms with E-state index in [1.54, 1.807) is 44.2 Å². The van der Waals surface area contributed by atoms with E-state index in [9.17, 15) is 28.8 Å². The fraction of sp³-hybridized carbons (Fsp3) is 0.636. The van der Waals surface area contributed by atoms with E-state index in [1.165, 1.54) is 27.9 Å². The van der Waals surface area contributed by atoms with Gasteiger partial charge in [0.25, 0.3) is 0 Å². The SMILES string of the molecule is COC1=C(C)[C@@]2(C)C[C@@H](OC(C)=O)[C@@H]3C4(C(C)=C[C@H](OC(=O)c5ccccc5)[C@@]5(C)[C@@H](OC(C)=O)[C@@H](OC(C)=O)[C@]6(C)C[C@]45OC6=O)[C@@H](C)C[C@@]3(C)C2CC1=O. The van der Waals surface area contributed by atoms with Crippen molar-refractivity contribution in [3.05, 3.63) is 58.9 Å². The Balaban J connectivity index is 1.55. The van der Waals surface area contributed by atoms with Crippen molar-refractivity contribution in [2.75, 3.05) is 7.11 Å². The summed E-state index contributed by atoms with van der Waals surface area (Å²) in [6.07, 6.45) is -1.56. The molecule has 0 radical (unpaired) electrons. The molecule has 1 aliphatic heterocycles. The molecule has 12 heteroatoms. The number of allylic oxidation sites excluding steroid dienone is 2. The molecule has 2 bridgehead atoms. The van der Waals surface area contributed by atoms with Crippen LogP contribution in [0.25, 0.3) is 0 Å². The number of Topliss-reactive ketones (excluding diaryl/α,β-unsaturated/α-hetero) is 1. The van der Waals surface area contributed by atoms with Crippen molar-refractivity contribution in [1.82, 2.24) is 0 Å². The number of ketones is 1. The fourth-order valence-electron chi connectivity index (χ4n) is 13.6. The van der Waals surface area contributed by atoms with Gasteiger partial charge in [0.15, 0.2) is 23.8 Å². The first-order valence-electron chi connectivity index (χ1n) is 19.6. The Hall–Kier alpha value is -4.48. The number of carbonyl (C=O) groups excluding carboxylic acids is 6. The lowest BCUT2D eigenvalue weighted by atomic mass is 9.36. The third-order valence-corrected chi connectivity index (χ3v) is 15.5. The van der Waals surface area contributed by atoms with Crippen LogP contribution < -0.4 is 0 Å². The summed E-state index contributed by atoms with van der Waals surface area (Å²) in [6, 6.07) is 8.47. The Morgan fingerprint density at radius 1 is 0.804 bits per heavy atom. The summed E-state index contributed by atoms with van der Waals surface area (Å²) in [5.74, 6) is -4.00. The van der Waals surface area contributed by atoms with Crippen LogP contribution >= 0.6 is 0 Å². The maximum atomic E-state index is 14.8. The van der Waals surface area contributed by atoms with Crippen LogP contribution in [0.15, 0.2) is 53.3 Å². The first-order valence-corrected chi connectivity index (χ1v) is 19.6. The third kappa shape index (κ3) is 4.88. The maximum Gasteiger partial charge on any atom is 0.338 e. The van der Waals surface area contributed by atoms with Gasteiger partial charge in [-0.1, -0.05) is 44.5 Å². The number of hydrogen-bond acceptors (Lipinski definition) is 12. The molecule has 6 aliphatic rings. The Morgan fingerprint density at radius 2 is 1.41 bits per heavy atom. The van der Waals surface area contributed by atoms with E-state index in [1.807, 2.05) is 19.9 Å². The fourth-order valence-corrected chi connectivity index (χ4v) is 13.6. The van der Waals surface area contributed by atoms with E-state index in [0.717, 1.165) is 11.1 Å². The van der Waals surface area contributed by atoms with E-state index in [2.05, 4.69) is 20.8 Å². The molecule has 302 valence electrons. The van der Waals surface area contributed by atoms with Crippen LogP contribution in [0.5, 0.6) is 0 Å². The molecule has 3 saturated carbocycles. The molecule has 1 aromatic carbocycles. The first kappa shape index (κ1) is 39.7. The van der Waals surface area contributed by atoms with Gasteiger partial charge in [0, 0.05) is 44.9 Å². The molecule has 7 rings (SSSR count). The van der Waals surface area contributed by atoms with Crippen LogP contribution in [0.4, 0.5) is 0 Å². The van der Waals surface area contributed by atoms with Gasteiger partial charge in [0.05, 0.1) is 18.1 Å². The Morgan fingerprint density at radius 3 is 2.00 bits per heavy atom. The molecule has 5 aliphatic carbocycles. The number of fused-ring (bicyclic) bond motifs is 5. The smallest absolute Gasteiger partial charge is 0.338 e. The second-order valence-electron chi connectivity index (χ2n) is 18.3. The van der Waals surface area contributed by atoms with Crippen LogP contribution in [0.1, 0.15) is 105 Å². The molecular weight excluding hydrogens is 720 g/mol. The predicted octanol–water partition coefficient (Wildman–Crippen LogP) is 6.25. The first-order chi connectivity index (χ1) is 26.1. The summed E-state index contributed by atoms with van der Waals surface area (Å²) in [7, 11) is 1.50. The van der Waals surface area contributed by atoms with Gasteiger partial charge in [0.1, 0.15) is 23.2 Å². The number of hydrogen-bond donors (Lipinski definition) is 0. The van der Waals surface area contributed by atoms with E-state index in [-0.39, 0.29) is 36.0 Å². The van der Waals surface area contributed by atoms with E-state index < -0.39 is 92.9 Å². The summed E-state index contributed by atoms with van der Waals surface area (Å²) < 4.78 is 37.8. The molecule has 1 saturated heterocycles. The minimum atomic E-state index is -1.59. The topological polar surface area (TPSA) is 158 Å². The van der Waals surface area contributed by atoms with Crippen molar-refractivity contribution in [2.45, 2.75) is 125 Å². The van der Waals surface area contributed by atoms with Gasteiger partial charge >= 0.3 is 29.8 Å². The summed E-state index contributed by atoms with van der Waals surface area (Å²) in [4.78, 5) is 82.0. The van der Waals surface area contributed by atoms with Crippen LogP contribution in [0.3, 0.4) is 0 Å². The lowest BCUT2D eigenvalue weighted by molar-refractivity contribution is -0.291. The summed E-state index contributed by atoms with van der Waals surface area (Å²) in [5, 5.41) is 0. The van der Waals surface area contributed by atoms with Gasteiger partial charge in [-0.25, -0.2) is 4.79 Å². The average Bonchev–Trinajstić information content (AvgIpc) is 3.52. The van der Waals surface area contributed by atoms with Crippen LogP contribution in [0.2, 0.25) is 0 Å². The molecule has 2 unspecified atom stereocenters. The highest BCUT2D eigenvalue weighted by atomic mass is 16.6. The van der Waals surface area contributed by atoms with Crippen molar-refractivity contribution in [1.29, 1.82) is 0 Å².